The molecule has 0 unspecified atom stereocenters. The standard InChI is InChI=1S/C11H11BrN2O2/c1-5-3-7(12)6(2)10(11(5)15)8-4-9(13)16-14-8/h3-4,15H,13H2,1-2H3. The lowest BCUT2D eigenvalue weighted by Gasteiger charge is -2.10. The van der Waals surface area contributed by atoms with Gasteiger partial charge in [0.1, 0.15) is 11.4 Å². The molecule has 0 aliphatic carbocycles. The number of benzene rings is 1. The van der Waals surface area contributed by atoms with Crippen molar-refractivity contribution >= 4 is 21.8 Å². The SMILES string of the molecule is Cc1cc(Br)c(C)c(-c2cc(N)on2)c1O. The molecule has 84 valence electrons. The summed E-state index contributed by atoms with van der Waals surface area (Å²) in [5.41, 5.74) is 8.33. The first kappa shape index (κ1) is 11.0. The first-order valence-electron chi connectivity index (χ1n) is 4.72. The van der Waals surface area contributed by atoms with Gasteiger partial charge in [-0.2, -0.15) is 0 Å². The Balaban J connectivity index is 2.73. The van der Waals surface area contributed by atoms with Crippen LogP contribution < -0.4 is 5.73 Å². The number of aryl methyl sites for hydroxylation is 1. The Morgan fingerprint density at radius 1 is 1.38 bits per heavy atom. The Morgan fingerprint density at radius 2 is 2.06 bits per heavy atom. The minimum absolute atomic E-state index is 0.203. The maximum atomic E-state index is 10.0. The highest BCUT2D eigenvalue weighted by atomic mass is 79.9. The fraction of sp³-hybridized carbons (Fsp3) is 0.182. The normalized spacial score (nSPS) is 10.7. The minimum atomic E-state index is 0.203. The highest BCUT2D eigenvalue weighted by molar-refractivity contribution is 9.10. The summed E-state index contributed by atoms with van der Waals surface area (Å²) in [7, 11) is 0. The molecule has 2 rings (SSSR count). The van der Waals surface area contributed by atoms with Gasteiger partial charge in [-0.1, -0.05) is 21.1 Å². The fourth-order valence-corrected chi connectivity index (χ4v) is 2.12. The Kier molecular flexibility index (Phi) is 2.63. The Labute approximate surface area is 101 Å². The molecule has 0 bridgehead atoms. The molecule has 1 heterocycles. The van der Waals surface area contributed by atoms with Crippen LogP contribution in [-0.2, 0) is 0 Å². The quantitative estimate of drug-likeness (QED) is 0.843. The van der Waals surface area contributed by atoms with Crippen molar-refractivity contribution in [2.24, 2.45) is 0 Å². The fourth-order valence-electron chi connectivity index (χ4n) is 1.58. The average Bonchev–Trinajstić information content (AvgIpc) is 2.62. The van der Waals surface area contributed by atoms with Gasteiger partial charge in [-0.25, -0.2) is 0 Å². The number of rotatable bonds is 1. The summed E-state index contributed by atoms with van der Waals surface area (Å²) >= 11 is 3.43. The summed E-state index contributed by atoms with van der Waals surface area (Å²) in [6.45, 7) is 3.72. The molecule has 4 nitrogen and oxygen atoms in total. The second kappa shape index (κ2) is 3.83. The van der Waals surface area contributed by atoms with Crippen molar-refractivity contribution in [2.45, 2.75) is 13.8 Å². The molecule has 0 fully saturated rings. The van der Waals surface area contributed by atoms with Crippen molar-refractivity contribution in [2.75, 3.05) is 5.73 Å². The van der Waals surface area contributed by atoms with Gasteiger partial charge < -0.3 is 15.4 Å². The van der Waals surface area contributed by atoms with Crippen molar-refractivity contribution in [3.05, 3.63) is 27.7 Å². The van der Waals surface area contributed by atoms with Crippen LogP contribution in [0.25, 0.3) is 11.3 Å². The molecule has 5 heteroatoms. The van der Waals surface area contributed by atoms with Crippen LogP contribution in [0.15, 0.2) is 21.1 Å². The average molecular weight is 283 g/mol. The number of phenolic OH excluding ortho intramolecular Hbond substituents is 1. The van der Waals surface area contributed by atoms with E-state index in [-0.39, 0.29) is 11.6 Å². The Hall–Kier alpha value is -1.49. The smallest absolute Gasteiger partial charge is 0.222 e. The molecule has 0 aliphatic heterocycles. The van der Waals surface area contributed by atoms with Crippen molar-refractivity contribution < 1.29 is 9.63 Å². The number of anilines is 1. The van der Waals surface area contributed by atoms with E-state index in [4.69, 9.17) is 10.3 Å². The van der Waals surface area contributed by atoms with E-state index in [1.807, 2.05) is 19.9 Å². The molecular weight excluding hydrogens is 272 g/mol. The van der Waals surface area contributed by atoms with E-state index >= 15 is 0 Å². The van der Waals surface area contributed by atoms with E-state index in [2.05, 4.69) is 21.1 Å². The van der Waals surface area contributed by atoms with Gasteiger partial charge >= 0.3 is 0 Å². The lowest BCUT2D eigenvalue weighted by molar-refractivity contribution is 0.437. The second-order valence-electron chi connectivity index (χ2n) is 3.64. The summed E-state index contributed by atoms with van der Waals surface area (Å²) in [5.74, 6) is 0.431. The third-order valence-corrected chi connectivity index (χ3v) is 3.29. The van der Waals surface area contributed by atoms with E-state index in [1.165, 1.54) is 0 Å². The maximum absolute atomic E-state index is 10.0. The molecule has 0 radical (unpaired) electrons. The predicted octanol–water partition coefficient (Wildman–Crippen LogP) is 3.01. The number of nitrogens with two attached hydrogens (primary N) is 1. The maximum Gasteiger partial charge on any atom is 0.222 e. The molecule has 16 heavy (non-hydrogen) atoms. The van der Waals surface area contributed by atoms with Gasteiger partial charge in [-0.05, 0) is 31.0 Å². The molecule has 0 saturated carbocycles. The number of nitrogen functional groups attached to an aromatic ring is 1. The number of nitrogens with zero attached hydrogens (tertiary/aromatic N) is 1. The van der Waals surface area contributed by atoms with Crippen LogP contribution in [0.2, 0.25) is 0 Å². The van der Waals surface area contributed by atoms with Gasteiger partial charge in [-0.15, -0.1) is 0 Å². The molecule has 2 aromatic rings. The van der Waals surface area contributed by atoms with Gasteiger partial charge in [0.2, 0.25) is 5.88 Å². The summed E-state index contributed by atoms with van der Waals surface area (Å²) in [6.07, 6.45) is 0. The summed E-state index contributed by atoms with van der Waals surface area (Å²) in [4.78, 5) is 0. The van der Waals surface area contributed by atoms with Crippen LogP contribution in [0.4, 0.5) is 5.88 Å². The Bertz CT molecular complexity index is 523. The predicted molar refractivity (Wildman–Crippen MR) is 65.2 cm³/mol. The lowest BCUT2D eigenvalue weighted by atomic mass is 10.0. The molecule has 1 aromatic carbocycles. The van der Waals surface area contributed by atoms with E-state index in [9.17, 15) is 5.11 Å². The lowest BCUT2D eigenvalue weighted by Crippen LogP contribution is -1.89. The number of hydrogen-bond acceptors (Lipinski definition) is 4. The molecule has 1 aromatic heterocycles. The first-order chi connectivity index (χ1) is 7.50. The third-order valence-electron chi connectivity index (χ3n) is 2.47. The summed E-state index contributed by atoms with van der Waals surface area (Å²) in [6, 6.07) is 3.45. The molecule has 0 saturated heterocycles. The molecular formula is C11H11BrN2O2. The second-order valence-corrected chi connectivity index (χ2v) is 4.49. The van der Waals surface area contributed by atoms with Crippen LogP contribution in [-0.4, -0.2) is 10.3 Å². The van der Waals surface area contributed by atoms with Crippen LogP contribution in [0.3, 0.4) is 0 Å². The highest BCUT2D eigenvalue weighted by Crippen LogP contribution is 2.38. The van der Waals surface area contributed by atoms with E-state index in [0.29, 0.717) is 11.3 Å². The largest absolute Gasteiger partial charge is 0.507 e. The number of aromatic nitrogens is 1. The van der Waals surface area contributed by atoms with Gasteiger partial charge in [0.05, 0.1) is 0 Å². The van der Waals surface area contributed by atoms with Crippen molar-refractivity contribution in [1.82, 2.24) is 5.16 Å². The summed E-state index contributed by atoms with van der Waals surface area (Å²) < 4.78 is 5.73. The molecule has 0 spiro atoms. The topological polar surface area (TPSA) is 72.3 Å². The monoisotopic (exact) mass is 282 g/mol. The van der Waals surface area contributed by atoms with Crippen LogP contribution in [0.5, 0.6) is 5.75 Å². The highest BCUT2D eigenvalue weighted by Gasteiger charge is 2.16. The zero-order chi connectivity index (χ0) is 11.9. The van der Waals surface area contributed by atoms with Gasteiger partial charge in [-0.3, -0.25) is 0 Å². The third kappa shape index (κ3) is 1.67. The zero-order valence-corrected chi connectivity index (χ0v) is 10.5. The Morgan fingerprint density at radius 3 is 2.62 bits per heavy atom. The van der Waals surface area contributed by atoms with Crippen molar-refractivity contribution in [3.8, 4) is 17.0 Å². The molecule has 0 atom stereocenters. The molecule has 0 aliphatic rings. The van der Waals surface area contributed by atoms with Gasteiger partial charge in [0, 0.05) is 16.1 Å². The molecule has 0 amide bonds. The number of aromatic hydroxyl groups is 1. The zero-order valence-electron chi connectivity index (χ0n) is 8.91. The van der Waals surface area contributed by atoms with Crippen LogP contribution in [0.1, 0.15) is 11.1 Å². The number of halogens is 1. The minimum Gasteiger partial charge on any atom is -0.507 e. The number of hydrogen-bond donors (Lipinski definition) is 2. The molecule has 3 N–H and O–H groups in total. The number of phenols is 1. The van der Waals surface area contributed by atoms with Crippen molar-refractivity contribution in [3.63, 3.8) is 0 Å². The van der Waals surface area contributed by atoms with Crippen LogP contribution >= 0.6 is 15.9 Å². The van der Waals surface area contributed by atoms with Crippen LogP contribution in [0, 0.1) is 13.8 Å². The van der Waals surface area contributed by atoms with E-state index in [0.717, 1.165) is 15.6 Å². The van der Waals surface area contributed by atoms with Gasteiger partial charge in [0.15, 0.2) is 0 Å². The summed E-state index contributed by atoms with van der Waals surface area (Å²) in [5, 5.41) is 13.8. The van der Waals surface area contributed by atoms with Crippen molar-refractivity contribution in [1.29, 1.82) is 0 Å². The van der Waals surface area contributed by atoms with Gasteiger partial charge in [0.25, 0.3) is 0 Å². The first-order valence-corrected chi connectivity index (χ1v) is 5.51. The van der Waals surface area contributed by atoms with E-state index in [1.54, 1.807) is 6.07 Å². The van der Waals surface area contributed by atoms with E-state index < -0.39 is 0 Å².